The molecule has 2 heterocycles. The third-order valence-corrected chi connectivity index (χ3v) is 8.07. The molecule has 1 fully saturated rings. The van der Waals surface area contributed by atoms with Crippen LogP contribution in [0.4, 0.5) is 0 Å². The molecule has 0 unspecified atom stereocenters. The number of nitrogens with zero attached hydrogens (tertiary/aromatic N) is 1. The van der Waals surface area contributed by atoms with Gasteiger partial charge in [-0.2, -0.15) is 0 Å². The van der Waals surface area contributed by atoms with Gasteiger partial charge >= 0.3 is 7.12 Å². The molecule has 3 nitrogen and oxygen atoms in total. The molecule has 3 aromatic carbocycles. The van der Waals surface area contributed by atoms with Crippen LogP contribution in [0.25, 0.3) is 32.9 Å². The highest BCUT2D eigenvalue weighted by Crippen LogP contribution is 2.46. The van der Waals surface area contributed by atoms with Crippen molar-refractivity contribution in [2.45, 2.75) is 65.7 Å². The average molecular weight is 423 g/mol. The Labute approximate surface area is 190 Å². The second-order valence-electron chi connectivity index (χ2n) is 10.3. The van der Waals surface area contributed by atoms with Gasteiger partial charge in [0.2, 0.25) is 0 Å². The molecule has 0 spiro atoms. The highest BCUT2D eigenvalue weighted by atomic mass is 16.7. The van der Waals surface area contributed by atoms with Crippen molar-refractivity contribution >= 4 is 34.4 Å². The lowest BCUT2D eigenvalue weighted by molar-refractivity contribution is 0.00578. The lowest BCUT2D eigenvalue weighted by atomic mass is 9.70. The van der Waals surface area contributed by atoms with Crippen LogP contribution in [0.1, 0.15) is 51.3 Å². The van der Waals surface area contributed by atoms with E-state index >= 15 is 0 Å². The summed E-state index contributed by atoms with van der Waals surface area (Å²) in [6.07, 6.45) is 0.950. The summed E-state index contributed by atoms with van der Waals surface area (Å²) in [6.45, 7) is 14.0. The lowest BCUT2D eigenvalue weighted by Gasteiger charge is -2.32. The number of para-hydroxylation sites is 1. The molecule has 0 N–H and O–H groups in total. The van der Waals surface area contributed by atoms with E-state index in [0.29, 0.717) is 0 Å². The molecule has 4 heteroatoms. The Morgan fingerprint density at radius 3 is 2.31 bits per heavy atom. The smallest absolute Gasteiger partial charge is 0.399 e. The van der Waals surface area contributed by atoms with Crippen molar-refractivity contribution in [3.05, 3.63) is 65.2 Å². The maximum absolute atomic E-state index is 6.64. The highest BCUT2D eigenvalue weighted by molar-refractivity contribution is 6.65. The highest BCUT2D eigenvalue weighted by Gasteiger charge is 2.53. The molecular formula is C28H30BNO2. The van der Waals surface area contributed by atoms with Crippen molar-refractivity contribution in [3.8, 4) is 11.1 Å². The van der Waals surface area contributed by atoms with Gasteiger partial charge in [-0.3, -0.25) is 0 Å². The number of hydrogen-bond donors (Lipinski definition) is 0. The first-order valence-corrected chi connectivity index (χ1v) is 11.8. The molecule has 0 amide bonds. The van der Waals surface area contributed by atoms with Crippen LogP contribution in [-0.4, -0.2) is 22.9 Å². The molecule has 0 bridgehead atoms. The Hall–Kier alpha value is -2.56. The topological polar surface area (TPSA) is 23.4 Å². The SMILES string of the molecule is CCn1c2ccccc2c2c(C)c(B3OC(C)(C)C(C)(C)O3)c3c(c21)Cc1ccccc1-3. The van der Waals surface area contributed by atoms with E-state index in [9.17, 15) is 0 Å². The van der Waals surface area contributed by atoms with E-state index in [1.54, 1.807) is 0 Å². The molecule has 0 atom stereocenters. The number of aryl methyl sites for hydroxylation is 2. The molecule has 1 saturated heterocycles. The first-order valence-electron chi connectivity index (χ1n) is 11.8. The van der Waals surface area contributed by atoms with Gasteiger partial charge < -0.3 is 13.9 Å². The third kappa shape index (κ3) is 2.45. The summed E-state index contributed by atoms with van der Waals surface area (Å²) in [6, 6.07) is 17.6. The van der Waals surface area contributed by atoms with Crippen molar-refractivity contribution in [1.29, 1.82) is 0 Å². The van der Waals surface area contributed by atoms with Crippen LogP contribution < -0.4 is 5.46 Å². The van der Waals surface area contributed by atoms with E-state index in [4.69, 9.17) is 9.31 Å². The Bertz CT molecular complexity index is 1400. The summed E-state index contributed by atoms with van der Waals surface area (Å²) in [5.74, 6) is 0. The van der Waals surface area contributed by atoms with Gasteiger partial charge in [0.1, 0.15) is 0 Å². The van der Waals surface area contributed by atoms with E-state index < -0.39 is 0 Å². The van der Waals surface area contributed by atoms with E-state index in [-0.39, 0.29) is 18.3 Å². The molecule has 2 aliphatic rings. The van der Waals surface area contributed by atoms with Gasteiger partial charge in [-0.15, -0.1) is 0 Å². The molecule has 1 aromatic heterocycles. The Morgan fingerprint density at radius 2 is 1.59 bits per heavy atom. The minimum Gasteiger partial charge on any atom is -0.399 e. The summed E-state index contributed by atoms with van der Waals surface area (Å²) >= 11 is 0. The van der Waals surface area contributed by atoms with Crippen LogP contribution in [0, 0.1) is 6.92 Å². The summed E-state index contributed by atoms with van der Waals surface area (Å²) in [7, 11) is -0.381. The Balaban J connectivity index is 1.76. The summed E-state index contributed by atoms with van der Waals surface area (Å²) in [4.78, 5) is 0. The number of hydrogen-bond acceptors (Lipinski definition) is 2. The molecule has 0 saturated carbocycles. The maximum Gasteiger partial charge on any atom is 0.495 e. The largest absolute Gasteiger partial charge is 0.495 e. The second-order valence-corrected chi connectivity index (χ2v) is 10.3. The van der Waals surface area contributed by atoms with Gasteiger partial charge in [0, 0.05) is 29.3 Å². The molecular weight excluding hydrogens is 393 g/mol. The number of benzene rings is 3. The van der Waals surface area contributed by atoms with Crippen LogP contribution in [0.2, 0.25) is 0 Å². The minimum absolute atomic E-state index is 0.374. The Morgan fingerprint density at radius 1 is 0.938 bits per heavy atom. The molecule has 0 radical (unpaired) electrons. The molecule has 6 rings (SSSR count). The van der Waals surface area contributed by atoms with Crippen molar-refractivity contribution < 1.29 is 9.31 Å². The van der Waals surface area contributed by atoms with Crippen molar-refractivity contribution in [2.75, 3.05) is 0 Å². The maximum atomic E-state index is 6.64. The van der Waals surface area contributed by atoms with Gasteiger partial charge in [-0.25, -0.2) is 0 Å². The third-order valence-electron chi connectivity index (χ3n) is 8.07. The molecule has 1 aliphatic carbocycles. The van der Waals surface area contributed by atoms with Crippen molar-refractivity contribution in [3.63, 3.8) is 0 Å². The van der Waals surface area contributed by atoms with Gasteiger partial charge in [0.05, 0.1) is 16.7 Å². The molecule has 4 aromatic rings. The van der Waals surface area contributed by atoms with Crippen LogP contribution in [0.3, 0.4) is 0 Å². The van der Waals surface area contributed by atoms with Gasteiger partial charge in [0.25, 0.3) is 0 Å². The number of rotatable bonds is 2. The van der Waals surface area contributed by atoms with Crippen molar-refractivity contribution in [2.24, 2.45) is 0 Å². The van der Waals surface area contributed by atoms with E-state index in [0.717, 1.165) is 13.0 Å². The molecule has 162 valence electrons. The summed E-state index contributed by atoms with van der Waals surface area (Å²) in [5.41, 5.74) is 9.85. The van der Waals surface area contributed by atoms with Crippen LogP contribution in [0.15, 0.2) is 48.5 Å². The number of aromatic nitrogens is 1. The summed E-state index contributed by atoms with van der Waals surface area (Å²) in [5, 5.41) is 2.66. The fourth-order valence-electron chi connectivity index (χ4n) is 5.77. The lowest BCUT2D eigenvalue weighted by Crippen LogP contribution is -2.41. The zero-order valence-corrected chi connectivity index (χ0v) is 19.9. The van der Waals surface area contributed by atoms with Gasteiger partial charge in [-0.05, 0) is 80.9 Å². The molecule has 32 heavy (non-hydrogen) atoms. The van der Waals surface area contributed by atoms with E-state index in [1.165, 1.54) is 55.1 Å². The number of fused-ring (bicyclic) bond motifs is 7. The standard InChI is InChI=1S/C28H30BNO2/c1-7-30-22-15-11-10-14-20(22)23-17(2)25(29-31-27(3,4)28(5,6)32-29)24-19-13-9-8-12-18(19)16-21(24)26(23)30/h8-15H,7,16H2,1-6H3. The first-order chi connectivity index (χ1) is 15.2. The van der Waals surface area contributed by atoms with Crippen molar-refractivity contribution in [1.82, 2.24) is 4.57 Å². The fourth-order valence-corrected chi connectivity index (χ4v) is 5.77. The zero-order valence-electron chi connectivity index (χ0n) is 19.9. The predicted molar refractivity (Wildman–Crippen MR) is 134 cm³/mol. The van der Waals surface area contributed by atoms with Gasteiger partial charge in [0.15, 0.2) is 0 Å². The van der Waals surface area contributed by atoms with Gasteiger partial charge in [-0.1, -0.05) is 42.5 Å². The van der Waals surface area contributed by atoms with Crippen LogP contribution >= 0.6 is 0 Å². The average Bonchev–Trinajstić information content (AvgIpc) is 3.35. The predicted octanol–water partition coefficient (Wildman–Crippen LogP) is 5.99. The molecule has 1 aliphatic heterocycles. The fraction of sp³-hybridized carbons (Fsp3) is 0.357. The first kappa shape index (κ1) is 20.1. The zero-order chi connectivity index (χ0) is 22.4. The van der Waals surface area contributed by atoms with E-state index in [1.807, 2.05) is 0 Å². The monoisotopic (exact) mass is 423 g/mol. The quantitative estimate of drug-likeness (QED) is 0.326. The minimum atomic E-state index is -0.381. The summed E-state index contributed by atoms with van der Waals surface area (Å²) < 4.78 is 15.8. The van der Waals surface area contributed by atoms with Crippen LogP contribution in [-0.2, 0) is 22.3 Å². The normalized spacial score (nSPS) is 18.5. The Kier molecular flexibility index (Phi) is 4.07. The van der Waals surface area contributed by atoms with E-state index in [2.05, 4.69) is 94.6 Å². The second kappa shape index (κ2) is 6.49. The van der Waals surface area contributed by atoms with Crippen LogP contribution in [0.5, 0.6) is 0 Å².